The average Bonchev–Trinajstić information content (AvgIpc) is 3.29. The Hall–Kier alpha value is -3.54. The van der Waals surface area contributed by atoms with E-state index < -0.39 is 7.12 Å². The molecule has 138 valence electrons. The fourth-order valence-electron chi connectivity index (χ4n) is 4.35. The third-order valence-electron chi connectivity index (χ3n) is 5.62. The molecule has 5 heteroatoms. The van der Waals surface area contributed by atoms with Crippen molar-refractivity contribution in [1.29, 1.82) is 0 Å². The van der Waals surface area contributed by atoms with Crippen molar-refractivity contribution < 1.29 is 14.5 Å². The number of nitrogens with zero attached hydrogens (tertiary/aromatic N) is 1. The summed E-state index contributed by atoms with van der Waals surface area (Å²) in [7, 11) is -1.52. The van der Waals surface area contributed by atoms with Gasteiger partial charge in [-0.05, 0) is 35.8 Å². The molecule has 2 heterocycles. The average molecular weight is 377 g/mol. The van der Waals surface area contributed by atoms with Gasteiger partial charge in [0.25, 0.3) is 0 Å². The Labute approximate surface area is 166 Å². The first kappa shape index (κ1) is 16.4. The molecular weight excluding hydrogens is 361 g/mol. The van der Waals surface area contributed by atoms with Gasteiger partial charge in [-0.25, -0.2) is 0 Å². The van der Waals surface area contributed by atoms with E-state index in [2.05, 4.69) is 47.0 Å². The summed E-state index contributed by atoms with van der Waals surface area (Å²) in [6.07, 6.45) is 0. The minimum Gasteiger partial charge on any atom is -0.456 e. The van der Waals surface area contributed by atoms with E-state index in [9.17, 15) is 10.0 Å². The second-order valence-electron chi connectivity index (χ2n) is 7.25. The van der Waals surface area contributed by atoms with Gasteiger partial charge in [-0.1, -0.05) is 54.6 Å². The molecular formula is C24H16BNO3. The van der Waals surface area contributed by atoms with Crippen LogP contribution in [0.5, 0.6) is 0 Å². The van der Waals surface area contributed by atoms with Crippen LogP contribution >= 0.6 is 0 Å². The van der Waals surface area contributed by atoms with Gasteiger partial charge in [0.2, 0.25) is 0 Å². The van der Waals surface area contributed by atoms with Crippen LogP contribution in [0.15, 0.2) is 89.3 Å². The molecule has 0 atom stereocenters. The van der Waals surface area contributed by atoms with Gasteiger partial charge in [-0.3, -0.25) is 0 Å². The summed E-state index contributed by atoms with van der Waals surface area (Å²) in [5.74, 6) is 0. The highest BCUT2D eigenvalue weighted by Crippen LogP contribution is 2.38. The van der Waals surface area contributed by atoms with Gasteiger partial charge in [0.15, 0.2) is 0 Å². The summed E-state index contributed by atoms with van der Waals surface area (Å²) in [6.45, 7) is 0. The van der Waals surface area contributed by atoms with Gasteiger partial charge in [0.05, 0.1) is 22.1 Å². The van der Waals surface area contributed by atoms with Crippen LogP contribution in [0.25, 0.3) is 49.4 Å². The van der Waals surface area contributed by atoms with E-state index in [0.29, 0.717) is 5.46 Å². The molecule has 2 aromatic heterocycles. The molecule has 0 aliphatic carbocycles. The quantitative estimate of drug-likeness (QED) is 0.441. The second-order valence-corrected chi connectivity index (χ2v) is 7.25. The Morgan fingerprint density at radius 2 is 1.34 bits per heavy atom. The third kappa shape index (κ3) is 2.29. The topological polar surface area (TPSA) is 58.5 Å². The summed E-state index contributed by atoms with van der Waals surface area (Å²) in [4.78, 5) is 0. The first-order valence-electron chi connectivity index (χ1n) is 9.52. The molecule has 0 spiro atoms. The molecule has 0 fully saturated rings. The van der Waals surface area contributed by atoms with Crippen molar-refractivity contribution in [3.05, 3.63) is 84.9 Å². The van der Waals surface area contributed by atoms with E-state index in [4.69, 9.17) is 4.42 Å². The number of fused-ring (bicyclic) bond motifs is 6. The maximum Gasteiger partial charge on any atom is 0.488 e. The maximum absolute atomic E-state index is 9.65. The Bertz CT molecular complexity index is 1490. The number of hydrogen-bond donors (Lipinski definition) is 2. The molecule has 6 rings (SSSR count). The first-order valence-corrected chi connectivity index (χ1v) is 9.52. The Balaban J connectivity index is 1.81. The van der Waals surface area contributed by atoms with Crippen LogP contribution in [0.3, 0.4) is 0 Å². The third-order valence-corrected chi connectivity index (χ3v) is 5.62. The molecule has 0 aliphatic heterocycles. The predicted octanol–water partition coefficient (Wildman–Crippen LogP) is 4.36. The van der Waals surface area contributed by atoms with Gasteiger partial charge < -0.3 is 19.0 Å². The highest BCUT2D eigenvalue weighted by molar-refractivity contribution is 6.59. The van der Waals surface area contributed by atoms with E-state index in [1.54, 1.807) is 18.2 Å². The monoisotopic (exact) mass is 377 g/mol. The fraction of sp³-hybridized carbons (Fsp3) is 0. The van der Waals surface area contributed by atoms with Crippen molar-refractivity contribution in [2.75, 3.05) is 0 Å². The number of hydrogen-bond acceptors (Lipinski definition) is 3. The van der Waals surface area contributed by atoms with Crippen LogP contribution in [-0.2, 0) is 0 Å². The molecule has 0 unspecified atom stereocenters. The number of rotatable bonds is 2. The molecule has 0 bridgehead atoms. The zero-order chi connectivity index (χ0) is 19.5. The SMILES string of the molecule is OB(O)c1ccc2oc3cccc(-n4c5ccccc5c5ccccc54)c3c2c1. The molecule has 29 heavy (non-hydrogen) atoms. The smallest absolute Gasteiger partial charge is 0.456 e. The van der Waals surface area contributed by atoms with Crippen LogP contribution in [-0.4, -0.2) is 21.7 Å². The minimum atomic E-state index is -1.52. The fourth-order valence-corrected chi connectivity index (χ4v) is 4.35. The molecule has 4 nitrogen and oxygen atoms in total. The normalized spacial score (nSPS) is 11.8. The van der Waals surface area contributed by atoms with Crippen LogP contribution in [0.4, 0.5) is 0 Å². The number of benzene rings is 4. The number of para-hydroxylation sites is 2. The van der Waals surface area contributed by atoms with E-state index >= 15 is 0 Å². The Kier molecular flexibility index (Phi) is 3.39. The molecule has 0 saturated heterocycles. The zero-order valence-corrected chi connectivity index (χ0v) is 15.4. The second kappa shape index (κ2) is 5.98. The minimum absolute atomic E-state index is 0.442. The van der Waals surface area contributed by atoms with E-state index in [-0.39, 0.29) is 0 Å². The standard InChI is InChI=1S/C24H16BNO3/c27-25(28)15-12-13-22-18(14-15)24-21(10-5-11-23(24)29-22)26-19-8-3-1-6-16(19)17-7-2-4-9-20(17)26/h1-14,27-28H. The highest BCUT2D eigenvalue weighted by Gasteiger charge is 2.19. The lowest BCUT2D eigenvalue weighted by atomic mass is 9.80. The zero-order valence-electron chi connectivity index (χ0n) is 15.4. The van der Waals surface area contributed by atoms with Crippen molar-refractivity contribution in [2.45, 2.75) is 0 Å². The number of aromatic nitrogens is 1. The lowest BCUT2D eigenvalue weighted by Crippen LogP contribution is -2.29. The van der Waals surface area contributed by atoms with Gasteiger partial charge in [-0.15, -0.1) is 0 Å². The van der Waals surface area contributed by atoms with Crippen LogP contribution in [0.2, 0.25) is 0 Å². The molecule has 6 aromatic rings. The summed E-state index contributed by atoms with van der Waals surface area (Å²) < 4.78 is 8.33. The molecule has 2 N–H and O–H groups in total. The summed E-state index contributed by atoms with van der Waals surface area (Å²) in [6, 6.07) is 28.0. The van der Waals surface area contributed by atoms with Gasteiger partial charge in [0.1, 0.15) is 11.2 Å². The maximum atomic E-state index is 9.65. The molecule has 4 aromatic carbocycles. The van der Waals surface area contributed by atoms with Crippen molar-refractivity contribution in [2.24, 2.45) is 0 Å². The highest BCUT2D eigenvalue weighted by atomic mass is 16.4. The Morgan fingerprint density at radius 1 is 0.655 bits per heavy atom. The van der Waals surface area contributed by atoms with Crippen molar-refractivity contribution >= 4 is 56.3 Å². The largest absolute Gasteiger partial charge is 0.488 e. The van der Waals surface area contributed by atoms with Crippen molar-refractivity contribution in [3.63, 3.8) is 0 Å². The van der Waals surface area contributed by atoms with E-state index in [0.717, 1.165) is 38.7 Å². The summed E-state index contributed by atoms with van der Waals surface area (Å²) >= 11 is 0. The Morgan fingerprint density at radius 3 is 2.03 bits per heavy atom. The van der Waals surface area contributed by atoms with Gasteiger partial charge in [-0.2, -0.15) is 0 Å². The summed E-state index contributed by atoms with van der Waals surface area (Å²) in [5.41, 5.74) is 5.17. The van der Waals surface area contributed by atoms with Crippen molar-refractivity contribution in [3.8, 4) is 5.69 Å². The molecule has 0 radical (unpaired) electrons. The summed E-state index contributed by atoms with van der Waals surface area (Å²) in [5, 5.41) is 23.5. The predicted molar refractivity (Wildman–Crippen MR) is 118 cm³/mol. The van der Waals surface area contributed by atoms with E-state index in [1.165, 1.54) is 10.8 Å². The first-order chi connectivity index (χ1) is 14.2. The van der Waals surface area contributed by atoms with E-state index in [1.807, 2.05) is 24.3 Å². The molecule has 0 saturated carbocycles. The lowest BCUT2D eigenvalue weighted by molar-refractivity contribution is 0.426. The van der Waals surface area contributed by atoms with Gasteiger partial charge in [0, 0.05) is 16.2 Å². The molecule has 0 aliphatic rings. The molecule has 0 amide bonds. The van der Waals surface area contributed by atoms with Crippen molar-refractivity contribution in [1.82, 2.24) is 4.57 Å². The van der Waals surface area contributed by atoms with Crippen LogP contribution in [0, 0.1) is 0 Å². The lowest BCUT2D eigenvalue weighted by Gasteiger charge is -2.09. The van der Waals surface area contributed by atoms with Crippen LogP contribution < -0.4 is 5.46 Å². The number of furan rings is 1. The van der Waals surface area contributed by atoms with Crippen LogP contribution in [0.1, 0.15) is 0 Å². The van der Waals surface area contributed by atoms with Gasteiger partial charge >= 0.3 is 7.12 Å².